The van der Waals surface area contributed by atoms with E-state index in [1.165, 1.54) is 12.1 Å². The summed E-state index contributed by atoms with van der Waals surface area (Å²) in [5.41, 5.74) is 1.10. The van der Waals surface area contributed by atoms with Crippen LogP contribution < -0.4 is 10.6 Å². The first-order valence-corrected chi connectivity index (χ1v) is 6.36. The molecule has 0 aromatic heterocycles. The molecule has 1 atom stereocenters. The first kappa shape index (κ1) is 13.0. The number of amides is 1. The topological polar surface area (TPSA) is 41.1 Å². The maximum absolute atomic E-state index is 13.2. The second kappa shape index (κ2) is 5.06. The highest BCUT2D eigenvalue weighted by molar-refractivity contribution is 5.96. The van der Waals surface area contributed by atoms with E-state index >= 15 is 0 Å². The van der Waals surface area contributed by atoms with Crippen molar-refractivity contribution in [3.05, 3.63) is 29.6 Å². The summed E-state index contributed by atoms with van der Waals surface area (Å²) in [5, 5.41) is 6.09. The molecule has 4 heteroatoms. The summed E-state index contributed by atoms with van der Waals surface area (Å²) in [7, 11) is 0. The summed E-state index contributed by atoms with van der Waals surface area (Å²) in [4.78, 5) is 12.4. The maximum atomic E-state index is 13.2. The normalized spacial score (nSPS) is 23.1. The number of hydrogen-bond acceptors (Lipinski definition) is 2. The highest BCUT2D eigenvalue weighted by atomic mass is 19.1. The summed E-state index contributed by atoms with van der Waals surface area (Å²) in [6, 6.07) is 4.45. The zero-order valence-corrected chi connectivity index (χ0v) is 10.8. The molecule has 0 bridgehead atoms. The SMILES string of the molecule is CCC1(C(=O)Nc2cc(F)ccc2C)CCNC1. The van der Waals surface area contributed by atoms with Crippen LogP contribution in [0, 0.1) is 18.2 Å². The second-order valence-corrected chi connectivity index (χ2v) is 4.97. The Balaban J connectivity index is 2.18. The Labute approximate surface area is 107 Å². The van der Waals surface area contributed by atoms with Crippen molar-refractivity contribution < 1.29 is 9.18 Å². The molecule has 1 aromatic rings. The third-order valence-electron chi connectivity index (χ3n) is 3.85. The number of halogens is 1. The van der Waals surface area contributed by atoms with Crippen LogP contribution in [0.2, 0.25) is 0 Å². The van der Waals surface area contributed by atoms with Gasteiger partial charge in [0.2, 0.25) is 5.91 Å². The van der Waals surface area contributed by atoms with E-state index in [9.17, 15) is 9.18 Å². The van der Waals surface area contributed by atoms with E-state index in [1.807, 2.05) is 13.8 Å². The Morgan fingerprint density at radius 2 is 2.33 bits per heavy atom. The fraction of sp³-hybridized carbons (Fsp3) is 0.500. The maximum Gasteiger partial charge on any atom is 0.231 e. The highest BCUT2D eigenvalue weighted by Crippen LogP contribution is 2.31. The van der Waals surface area contributed by atoms with E-state index in [2.05, 4.69) is 10.6 Å². The summed E-state index contributed by atoms with van der Waals surface area (Å²) >= 11 is 0. The average Bonchev–Trinajstić information content (AvgIpc) is 2.84. The van der Waals surface area contributed by atoms with Crippen molar-refractivity contribution in [3.8, 4) is 0 Å². The van der Waals surface area contributed by atoms with Crippen LogP contribution in [0.4, 0.5) is 10.1 Å². The zero-order valence-electron chi connectivity index (χ0n) is 10.8. The Hall–Kier alpha value is -1.42. The van der Waals surface area contributed by atoms with Gasteiger partial charge in [-0.15, -0.1) is 0 Å². The predicted octanol–water partition coefficient (Wildman–Crippen LogP) is 2.46. The Bertz CT molecular complexity index is 453. The third kappa shape index (κ3) is 2.38. The van der Waals surface area contributed by atoms with Crippen LogP contribution in [-0.4, -0.2) is 19.0 Å². The van der Waals surface area contributed by atoms with Gasteiger partial charge in [0.15, 0.2) is 0 Å². The van der Waals surface area contributed by atoms with E-state index in [1.54, 1.807) is 6.07 Å². The van der Waals surface area contributed by atoms with Gasteiger partial charge in [0, 0.05) is 12.2 Å². The standard InChI is InChI=1S/C14H19FN2O/c1-3-14(6-7-16-9-14)13(18)17-12-8-11(15)5-4-10(12)2/h4-5,8,16H,3,6-7,9H2,1-2H3,(H,17,18). The quantitative estimate of drug-likeness (QED) is 0.865. The molecule has 2 N–H and O–H groups in total. The van der Waals surface area contributed by atoms with E-state index in [-0.39, 0.29) is 17.1 Å². The molecule has 1 fully saturated rings. The molecule has 2 rings (SSSR count). The van der Waals surface area contributed by atoms with Gasteiger partial charge in [-0.2, -0.15) is 0 Å². The molecule has 1 unspecified atom stereocenters. The number of anilines is 1. The van der Waals surface area contributed by atoms with Gasteiger partial charge in [-0.3, -0.25) is 4.79 Å². The molecule has 18 heavy (non-hydrogen) atoms. The fourth-order valence-corrected chi connectivity index (χ4v) is 2.38. The fourth-order valence-electron chi connectivity index (χ4n) is 2.38. The Kier molecular flexibility index (Phi) is 3.66. The van der Waals surface area contributed by atoms with E-state index in [0.29, 0.717) is 12.2 Å². The summed E-state index contributed by atoms with van der Waals surface area (Å²) in [6.45, 7) is 5.44. The van der Waals surface area contributed by atoms with Crippen LogP contribution in [0.3, 0.4) is 0 Å². The van der Waals surface area contributed by atoms with Crippen molar-refractivity contribution >= 4 is 11.6 Å². The molecular weight excluding hydrogens is 231 g/mol. The molecule has 0 aliphatic carbocycles. The van der Waals surface area contributed by atoms with Crippen LogP contribution in [0.15, 0.2) is 18.2 Å². The lowest BCUT2D eigenvalue weighted by atomic mass is 9.83. The lowest BCUT2D eigenvalue weighted by Gasteiger charge is -2.25. The number of aryl methyl sites for hydroxylation is 1. The number of nitrogens with one attached hydrogen (secondary N) is 2. The molecule has 1 amide bonds. The average molecular weight is 250 g/mol. The summed E-state index contributed by atoms with van der Waals surface area (Å²) in [6.07, 6.45) is 1.63. The van der Waals surface area contributed by atoms with Gasteiger partial charge in [-0.05, 0) is 44.0 Å². The van der Waals surface area contributed by atoms with Gasteiger partial charge in [0.05, 0.1) is 5.41 Å². The number of benzene rings is 1. The van der Waals surface area contributed by atoms with Crippen molar-refractivity contribution in [2.45, 2.75) is 26.7 Å². The lowest BCUT2D eigenvalue weighted by Crippen LogP contribution is -2.37. The van der Waals surface area contributed by atoms with Gasteiger partial charge < -0.3 is 10.6 Å². The molecule has 3 nitrogen and oxygen atoms in total. The Morgan fingerprint density at radius 1 is 1.56 bits per heavy atom. The molecular formula is C14H19FN2O. The first-order valence-electron chi connectivity index (χ1n) is 6.36. The van der Waals surface area contributed by atoms with Crippen LogP contribution >= 0.6 is 0 Å². The Morgan fingerprint density at radius 3 is 2.94 bits per heavy atom. The predicted molar refractivity (Wildman–Crippen MR) is 70.0 cm³/mol. The smallest absolute Gasteiger partial charge is 0.231 e. The minimum absolute atomic E-state index is 0.0105. The van der Waals surface area contributed by atoms with E-state index in [4.69, 9.17) is 0 Å². The summed E-state index contributed by atoms with van der Waals surface area (Å²) < 4.78 is 13.2. The highest BCUT2D eigenvalue weighted by Gasteiger charge is 2.39. The molecule has 0 saturated carbocycles. The van der Waals surface area contributed by atoms with Crippen molar-refractivity contribution in [3.63, 3.8) is 0 Å². The van der Waals surface area contributed by atoms with Crippen molar-refractivity contribution in [1.82, 2.24) is 5.32 Å². The van der Waals surface area contributed by atoms with Crippen LogP contribution in [-0.2, 0) is 4.79 Å². The molecule has 1 aliphatic heterocycles. The van der Waals surface area contributed by atoms with Crippen LogP contribution in [0.5, 0.6) is 0 Å². The molecule has 1 saturated heterocycles. The largest absolute Gasteiger partial charge is 0.325 e. The first-order chi connectivity index (χ1) is 8.57. The minimum Gasteiger partial charge on any atom is -0.325 e. The van der Waals surface area contributed by atoms with Gasteiger partial charge in [-0.1, -0.05) is 13.0 Å². The molecule has 1 heterocycles. The molecule has 1 aliphatic rings. The van der Waals surface area contributed by atoms with Crippen molar-refractivity contribution in [2.75, 3.05) is 18.4 Å². The second-order valence-electron chi connectivity index (χ2n) is 4.97. The van der Waals surface area contributed by atoms with Gasteiger partial charge in [0.25, 0.3) is 0 Å². The van der Waals surface area contributed by atoms with Gasteiger partial charge in [-0.25, -0.2) is 4.39 Å². The molecule has 1 aromatic carbocycles. The van der Waals surface area contributed by atoms with Crippen molar-refractivity contribution in [1.29, 1.82) is 0 Å². The number of rotatable bonds is 3. The molecule has 0 radical (unpaired) electrons. The zero-order chi connectivity index (χ0) is 13.2. The lowest BCUT2D eigenvalue weighted by molar-refractivity contribution is -0.124. The molecule has 0 spiro atoms. The van der Waals surface area contributed by atoms with Gasteiger partial charge >= 0.3 is 0 Å². The van der Waals surface area contributed by atoms with Gasteiger partial charge in [0.1, 0.15) is 5.82 Å². The molecule has 98 valence electrons. The van der Waals surface area contributed by atoms with Crippen LogP contribution in [0.1, 0.15) is 25.3 Å². The number of carbonyl (C=O) groups is 1. The third-order valence-corrected chi connectivity index (χ3v) is 3.85. The monoisotopic (exact) mass is 250 g/mol. The van der Waals surface area contributed by atoms with E-state index < -0.39 is 0 Å². The summed E-state index contributed by atoms with van der Waals surface area (Å²) in [5.74, 6) is -0.338. The minimum atomic E-state index is -0.348. The van der Waals surface area contributed by atoms with Crippen LogP contribution in [0.25, 0.3) is 0 Å². The number of carbonyl (C=O) groups excluding carboxylic acids is 1. The number of hydrogen-bond donors (Lipinski definition) is 2. The van der Waals surface area contributed by atoms with Crippen molar-refractivity contribution in [2.24, 2.45) is 5.41 Å². The van der Waals surface area contributed by atoms with E-state index in [0.717, 1.165) is 24.9 Å².